The maximum absolute atomic E-state index is 12.8. The molecule has 0 saturated heterocycles. The minimum absolute atomic E-state index is 0.140. The largest absolute Gasteiger partial charge is 0.462 e. The SMILES string of the molecule is CC/C=C/C/C=C/C/C=C/C/C=C/C/C=C/C/C=C/CCC(=O)OCC(COC(=O)CC/C=C/C/C=C/CCCCCCCC)OC(=O)CCCCCCCC/C=C/C=C/CCCCC. The van der Waals surface area contributed by atoms with Crippen LogP contribution in [0.3, 0.4) is 0 Å². The lowest BCUT2D eigenvalue weighted by Crippen LogP contribution is -2.30. The van der Waals surface area contributed by atoms with Crippen LogP contribution in [0.4, 0.5) is 0 Å². The smallest absolute Gasteiger partial charge is 0.306 e. The number of hydrogen-bond donors (Lipinski definition) is 0. The Morgan fingerprint density at radius 3 is 1.12 bits per heavy atom. The van der Waals surface area contributed by atoms with E-state index < -0.39 is 6.10 Å². The minimum Gasteiger partial charge on any atom is -0.462 e. The highest BCUT2D eigenvalue weighted by Gasteiger charge is 2.19. The molecule has 1 unspecified atom stereocenters. The molecule has 0 aliphatic carbocycles. The molecule has 366 valence electrons. The average Bonchev–Trinajstić information content (AvgIpc) is 3.30. The van der Waals surface area contributed by atoms with Crippen molar-refractivity contribution < 1.29 is 28.6 Å². The van der Waals surface area contributed by atoms with Gasteiger partial charge >= 0.3 is 17.9 Å². The van der Waals surface area contributed by atoms with Crippen molar-refractivity contribution in [2.75, 3.05) is 13.2 Å². The zero-order chi connectivity index (χ0) is 47.2. The molecule has 0 spiro atoms. The van der Waals surface area contributed by atoms with Crippen LogP contribution < -0.4 is 0 Å². The molecule has 0 amide bonds. The van der Waals surface area contributed by atoms with E-state index in [4.69, 9.17) is 14.2 Å². The molecule has 0 bridgehead atoms. The number of carbonyl (C=O) groups is 3. The zero-order valence-corrected chi connectivity index (χ0v) is 41.7. The van der Waals surface area contributed by atoms with E-state index in [1.807, 2.05) is 18.2 Å². The minimum atomic E-state index is -0.840. The molecule has 65 heavy (non-hydrogen) atoms. The standard InChI is InChI=1S/C59H94O6/c1-4-7-10-13-16-19-22-25-27-28-29-30-32-34-37-40-43-46-49-52-58(61)64-55-56(54-63-57(60)51-48-45-42-39-36-33-24-21-18-15-12-9-6-3)65-59(62)53-50-47-44-41-38-35-31-26-23-20-17-14-11-8-5-2/h7,10,16-17,19-20,23,25-27,29-30,33-34,36-37,42-43,45-46,56H,4-6,8-9,11-15,18,21-22,24,28,31-32,35,38-41,44,47-55H2,1-3H3/b10-7+,19-16+,20-17+,26-23+,27-25+,30-29+,36-33+,37-34+,45-42+,46-43+. The highest BCUT2D eigenvalue weighted by atomic mass is 16.6. The van der Waals surface area contributed by atoms with Gasteiger partial charge in [0, 0.05) is 19.3 Å². The van der Waals surface area contributed by atoms with Crippen molar-refractivity contribution in [2.24, 2.45) is 0 Å². The van der Waals surface area contributed by atoms with Crippen LogP contribution in [0.5, 0.6) is 0 Å². The fourth-order valence-electron chi connectivity index (χ4n) is 6.57. The zero-order valence-electron chi connectivity index (χ0n) is 41.7. The first-order valence-electron chi connectivity index (χ1n) is 26.1. The molecule has 0 saturated carbocycles. The number of carbonyl (C=O) groups excluding carboxylic acids is 3. The molecule has 0 N–H and O–H groups in total. The van der Waals surface area contributed by atoms with Gasteiger partial charge in [-0.05, 0) is 103 Å². The van der Waals surface area contributed by atoms with Gasteiger partial charge in [0.15, 0.2) is 6.10 Å². The van der Waals surface area contributed by atoms with Crippen LogP contribution in [0.2, 0.25) is 0 Å². The third-order valence-electron chi connectivity index (χ3n) is 10.5. The van der Waals surface area contributed by atoms with Crippen LogP contribution in [0.1, 0.15) is 213 Å². The normalized spacial score (nSPS) is 13.1. The Morgan fingerprint density at radius 1 is 0.338 bits per heavy atom. The summed E-state index contributed by atoms with van der Waals surface area (Å²) in [5.74, 6) is -1.11. The van der Waals surface area contributed by atoms with Gasteiger partial charge in [0.25, 0.3) is 0 Å². The van der Waals surface area contributed by atoms with Crippen molar-refractivity contribution in [1.29, 1.82) is 0 Å². The number of rotatable bonds is 45. The third-order valence-corrected chi connectivity index (χ3v) is 10.5. The third kappa shape index (κ3) is 50.7. The summed E-state index contributed by atoms with van der Waals surface area (Å²) in [5, 5.41) is 0. The maximum atomic E-state index is 12.8. The summed E-state index contributed by atoms with van der Waals surface area (Å²) in [7, 11) is 0. The molecule has 0 rings (SSSR count). The Kier molecular flexibility index (Phi) is 49.1. The summed E-state index contributed by atoms with van der Waals surface area (Å²) in [4.78, 5) is 37.9. The fraction of sp³-hybridized carbons (Fsp3) is 0.610. The lowest BCUT2D eigenvalue weighted by molar-refractivity contribution is -0.166. The van der Waals surface area contributed by atoms with E-state index in [0.29, 0.717) is 12.8 Å². The Labute approximate surface area is 399 Å². The maximum Gasteiger partial charge on any atom is 0.306 e. The van der Waals surface area contributed by atoms with Gasteiger partial charge in [-0.15, -0.1) is 0 Å². The summed E-state index contributed by atoms with van der Waals surface area (Å²) in [6.45, 7) is 6.34. The van der Waals surface area contributed by atoms with Crippen molar-refractivity contribution in [1.82, 2.24) is 0 Å². The number of esters is 3. The lowest BCUT2D eigenvalue weighted by Gasteiger charge is -2.18. The van der Waals surface area contributed by atoms with Crippen LogP contribution in [-0.4, -0.2) is 37.2 Å². The molecule has 6 nitrogen and oxygen atoms in total. The summed E-state index contributed by atoms with van der Waals surface area (Å²) in [6, 6.07) is 0. The second-order valence-corrected chi connectivity index (χ2v) is 16.7. The first-order chi connectivity index (χ1) is 32.0. The van der Waals surface area contributed by atoms with Crippen molar-refractivity contribution >= 4 is 17.9 Å². The molecule has 0 fully saturated rings. The number of hydrogen-bond acceptors (Lipinski definition) is 6. The van der Waals surface area contributed by atoms with E-state index in [-0.39, 0.29) is 50.4 Å². The van der Waals surface area contributed by atoms with E-state index >= 15 is 0 Å². The van der Waals surface area contributed by atoms with Crippen LogP contribution >= 0.6 is 0 Å². The first kappa shape index (κ1) is 60.8. The van der Waals surface area contributed by atoms with Crippen molar-refractivity contribution in [3.8, 4) is 0 Å². The molecular formula is C59H94O6. The highest BCUT2D eigenvalue weighted by Crippen LogP contribution is 2.12. The number of unbranched alkanes of at least 4 members (excludes halogenated alkanes) is 15. The van der Waals surface area contributed by atoms with Gasteiger partial charge in [0.1, 0.15) is 13.2 Å². The summed E-state index contributed by atoms with van der Waals surface area (Å²) in [5.41, 5.74) is 0. The van der Waals surface area contributed by atoms with E-state index in [1.165, 1.54) is 70.6 Å². The van der Waals surface area contributed by atoms with E-state index in [1.54, 1.807) is 0 Å². The Bertz CT molecular complexity index is 1400. The molecule has 0 aromatic carbocycles. The summed E-state index contributed by atoms with van der Waals surface area (Å²) >= 11 is 0. The molecule has 0 aromatic heterocycles. The quantitative estimate of drug-likeness (QED) is 0.0199. The monoisotopic (exact) mass is 899 g/mol. The summed E-state index contributed by atoms with van der Waals surface area (Å²) in [6.07, 6.45) is 72.0. The summed E-state index contributed by atoms with van der Waals surface area (Å²) < 4.78 is 16.7. The Morgan fingerprint density at radius 2 is 0.677 bits per heavy atom. The van der Waals surface area contributed by atoms with Gasteiger partial charge in [-0.1, -0.05) is 213 Å². The number of ether oxygens (including phenoxy) is 3. The molecule has 0 radical (unpaired) electrons. The molecular weight excluding hydrogens is 805 g/mol. The number of allylic oxidation sites excluding steroid dienone is 20. The molecule has 0 aliphatic heterocycles. The Balaban J connectivity index is 4.60. The molecule has 1 atom stereocenters. The van der Waals surface area contributed by atoms with E-state index in [0.717, 1.165) is 89.9 Å². The van der Waals surface area contributed by atoms with Crippen LogP contribution in [0, 0.1) is 0 Å². The average molecular weight is 899 g/mol. The van der Waals surface area contributed by atoms with Gasteiger partial charge in [0.2, 0.25) is 0 Å². The van der Waals surface area contributed by atoms with Gasteiger partial charge in [0.05, 0.1) is 0 Å². The second-order valence-electron chi connectivity index (χ2n) is 16.7. The molecule has 6 heteroatoms. The molecule has 0 heterocycles. The van der Waals surface area contributed by atoms with Crippen molar-refractivity contribution in [3.63, 3.8) is 0 Å². The van der Waals surface area contributed by atoms with Crippen LogP contribution in [0.25, 0.3) is 0 Å². The van der Waals surface area contributed by atoms with Crippen molar-refractivity contribution in [2.45, 2.75) is 219 Å². The van der Waals surface area contributed by atoms with E-state index in [9.17, 15) is 14.4 Å². The second kappa shape index (κ2) is 52.4. The van der Waals surface area contributed by atoms with Crippen molar-refractivity contribution in [3.05, 3.63) is 122 Å². The van der Waals surface area contributed by atoms with Gasteiger partial charge in [-0.2, -0.15) is 0 Å². The molecule has 0 aromatic rings. The molecule has 0 aliphatic rings. The highest BCUT2D eigenvalue weighted by molar-refractivity contribution is 5.71. The lowest BCUT2D eigenvalue weighted by atomic mass is 10.1. The first-order valence-corrected chi connectivity index (χ1v) is 26.1. The van der Waals surface area contributed by atoms with Gasteiger partial charge in [-0.3, -0.25) is 14.4 Å². The predicted molar refractivity (Wildman–Crippen MR) is 279 cm³/mol. The van der Waals surface area contributed by atoms with E-state index in [2.05, 4.69) is 124 Å². The predicted octanol–water partition coefficient (Wildman–Crippen LogP) is 17.3. The fourth-order valence-corrected chi connectivity index (χ4v) is 6.57. The van der Waals surface area contributed by atoms with Crippen LogP contribution in [0.15, 0.2) is 122 Å². The topological polar surface area (TPSA) is 78.9 Å². The van der Waals surface area contributed by atoms with Gasteiger partial charge in [-0.25, -0.2) is 0 Å². The van der Waals surface area contributed by atoms with Crippen LogP contribution in [-0.2, 0) is 28.6 Å². The van der Waals surface area contributed by atoms with Gasteiger partial charge < -0.3 is 14.2 Å². The Hall–Kier alpha value is -4.19.